The van der Waals surface area contributed by atoms with Gasteiger partial charge in [0, 0.05) is 6.54 Å². The van der Waals surface area contributed by atoms with Crippen LogP contribution in [0.3, 0.4) is 0 Å². The maximum absolute atomic E-state index is 13.7. The first-order valence-electron chi connectivity index (χ1n) is 7.77. The molecule has 0 fully saturated rings. The SMILES string of the molecule is C[C@H](OC(=O)c1c(F)cccc1Cl)C(=O)NCc1ccc2c(c1)OCO2. The van der Waals surface area contributed by atoms with Gasteiger partial charge in [0.05, 0.1) is 5.02 Å². The highest BCUT2D eigenvalue weighted by molar-refractivity contribution is 6.33. The summed E-state index contributed by atoms with van der Waals surface area (Å²) in [5, 5.41) is 2.56. The largest absolute Gasteiger partial charge is 0.454 e. The maximum Gasteiger partial charge on any atom is 0.343 e. The van der Waals surface area contributed by atoms with E-state index in [9.17, 15) is 14.0 Å². The smallest absolute Gasteiger partial charge is 0.343 e. The van der Waals surface area contributed by atoms with Crippen LogP contribution >= 0.6 is 11.6 Å². The van der Waals surface area contributed by atoms with E-state index >= 15 is 0 Å². The highest BCUT2D eigenvalue weighted by atomic mass is 35.5. The van der Waals surface area contributed by atoms with Crippen LogP contribution in [0.2, 0.25) is 5.02 Å². The van der Waals surface area contributed by atoms with Crippen LogP contribution in [0.5, 0.6) is 11.5 Å². The molecule has 0 saturated carbocycles. The normalized spacial score (nSPS) is 13.2. The zero-order chi connectivity index (χ0) is 18.7. The predicted molar refractivity (Wildman–Crippen MR) is 90.7 cm³/mol. The van der Waals surface area contributed by atoms with Crippen LogP contribution in [-0.2, 0) is 16.1 Å². The van der Waals surface area contributed by atoms with E-state index < -0.39 is 29.4 Å². The van der Waals surface area contributed by atoms with Gasteiger partial charge in [0.15, 0.2) is 17.6 Å². The molecule has 1 aliphatic heterocycles. The van der Waals surface area contributed by atoms with Crippen LogP contribution in [0.25, 0.3) is 0 Å². The summed E-state index contributed by atoms with van der Waals surface area (Å²) in [4.78, 5) is 24.2. The Morgan fingerprint density at radius 1 is 1.27 bits per heavy atom. The lowest BCUT2D eigenvalue weighted by Crippen LogP contribution is -2.35. The van der Waals surface area contributed by atoms with Gasteiger partial charge in [-0.1, -0.05) is 23.7 Å². The molecule has 0 saturated heterocycles. The molecule has 0 radical (unpaired) electrons. The van der Waals surface area contributed by atoms with Crippen molar-refractivity contribution in [2.45, 2.75) is 19.6 Å². The third kappa shape index (κ3) is 3.88. The Morgan fingerprint density at radius 2 is 2.04 bits per heavy atom. The van der Waals surface area contributed by atoms with Crippen molar-refractivity contribution < 1.29 is 28.2 Å². The maximum atomic E-state index is 13.7. The minimum absolute atomic E-state index is 0.0806. The van der Waals surface area contributed by atoms with Crippen LogP contribution in [0.15, 0.2) is 36.4 Å². The van der Waals surface area contributed by atoms with Crippen LogP contribution in [0.4, 0.5) is 4.39 Å². The topological polar surface area (TPSA) is 73.9 Å². The third-order valence-corrected chi connectivity index (χ3v) is 4.04. The molecule has 1 atom stereocenters. The highest BCUT2D eigenvalue weighted by Gasteiger charge is 2.23. The number of nitrogens with one attached hydrogen (secondary N) is 1. The average Bonchev–Trinajstić information content (AvgIpc) is 3.07. The lowest BCUT2D eigenvalue weighted by Gasteiger charge is -2.14. The molecule has 2 aromatic carbocycles. The molecule has 0 aliphatic carbocycles. The number of benzene rings is 2. The molecule has 1 heterocycles. The Balaban J connectivity index is 1.57. The molecule has 1 N–H and O–H groups in total. The first-order valence-corrected chi connectivity index (χ1v) is 8.14. The molecule has 2 aromatic rings. The predicted octanol–water partition coefficient (Wildman–Crippen LogP) is 3.07. The minimum Gasteiger partial charge on any atom is -0.454 e. The van der Waals surface area contributed by atoms with Gasteiger partial charge in [0.2, 0.25) is 6.79 Å². The second-order valence-corrected chi connectivity index (χ2v) is 5.96. The molecule has 136 valence electrons. The first kappa shape index (κ1) is 18.0. The van der Waals surface area contributed by atoms with Crippen LogP contribution in [-0.4, -0.2) is 24.8 Å². The molecule has 1 amide bonds. The number of carbonyl (C=O) groups excluding carboxylic acids is 2. The average molecular weight is 380 g/mol. The molecule has 6 nitrogen and oxygen atoms in total. The zero-order valence-corrected chi connectivity index (χ0v) is 14.5. The van der Waals surface area contributed by atoms with Gasteiger partial charge in [-0.3, -0.25) is 4.79 Å². The summed E-state index contributed by atoms with van der Waals surface area (Å²) in [6.45, 7) is 1.76. The van der Waals surface area contributed by atoms with Crippen molar-refractivity contribution in [3.63, 3.8) is 0 Å². The number of ether oxygens (including phenoxy) is 3. The Bertz CT molecular complexity index is 837. The van der Waals surface area contributed by atoms with Gasteiger partial charge in [-0.25, -0.2) is 9.18 Å². The summed E-state index contributed by atoms with van der Waals surface area (Å²) in [5.41, 5.74) is 0.392. The fraction of sp³-hybridized carbons (Fsp3) is 0.222. The quantitative estimate of drug-likeness (QED) is 0.808. The van der Waals surface area contributed by atoms with Crippen LogP contribution in [0, 0.1) is 5.82 Å². The second-order valence-electron chi connectivity index (χ2n) is 5.55. The van der Waals surface area contributed by atoms with Crippen molar-refractivity contribution in [3.8, 4) is 11.5 Å². The van der Waals surface area contributed by atoms with E-state index in [2.05, 4.69) is 5.32 Å². The number of amides is 1. The van der Waals surface area contributed by atoms with Gasteiger partial charge in [-0.15, -0.1) is 0 Å². The van der Waals surface area contributed by atoms with Crippen LogP contribution < -0.4 is 14.8 Å². The minimum atomic E-state index is -1.12. The number of hydrogen-bond donors (Lipinski definition) is 1. The number of fused-ring (bicyclic) bond motifs is 1. The van der Waals surface area contributed by atoms with E-state index in [4.69, 9.17) is 25.8 Å². The molecular weight excluding hydrogens is 365 g/mol. The second kappa shape index (κ2) is 7.61. The van der Waals surface area contributed by atoms with Gasteiger partial charge in [0.1, 0.15) is 11.4 Å². The highest BCUT2D eigenvalue weighted by Crippen LogP contribution is 2.32. The Labute approximate surface area is 153 Å². The van der Waals surface area contributed by atoms with E-state index in [1.165, 1.54) is 19.1 Å². The molecule has 8 heteroatoms. The summed E-state index contributed by atoms with van der Waals surface area (Å²) < 4.78 is 29.2. The van der Waals surface area contributed by atoms with Crippen molar-refractivity contribution in [1.82, 2.24) is 5.32 Å². The van der Waals surface area contributed by atoms with E-state index in [1.54, 1.807) is 18.2 Å². The molecule has 3 rings (SSSR count). The van der Waals surface area contributed by atoms with Crippen molar-refractivity contribution in [1.29, 1.82) is 0 Å². The number of carbonyl (C=O) groups is 2. The molecular formula is C18H15ClFNO5. The van der Waals surface area contributed by atoms with Gasteiger partial charge >= 0.3 is 5.97 Å². The van der Waals surface area contributed by atoms with Crippen molar-refractivity contribution >= 4 is 23.5 Å². The summed E-state index contributed by atoms with van der Waals surface area (Å²) in [6.07, 6.45) is -1.12. The fourth-order valence-corrected chi connectivity index (χ4v) is 2.59. The third-order valence-electron chi connectivity index (χ3n) is 3.72. The fourth-order valence-electron chi connectivity index (χ4n) is 2.35. The van der Waals surface area contributed by atoms with Crippen LogP contribution in [0.1, 0.15) is 22.8 Å². The molecule has 0 unspecified atom stereocenters. The van der Waals surface area contributed by atoms with Crippen molar-refractivity contribution in [3.05, 3.63) is 58.4 Å². The lowest BCUT2D eigenvalue weighted by atomic mass is 10.2. The van der Waals surface area contributed by atoms with Crippen molar-refractivity contribution in [2.24, 2.45) is 0 Å². The zero-order valence-electron chi connectivity index (χ0n) is 13.8. The van der Waals surface area contributed by atoms with E-state index in [0.717, 1.165) is 11.6 Å². The molecule has 26 heavy (non-hydrogen) atoms. The van der Waals surface area contributed by atoms with E-state index in [0.29, 0.717) is 11.5 Å². The summed E-state index contributed by atoms with van der Waals surface area (Å²) in [5.74, 6) is -1.09. The lowest BCUT2D eigenvalue weighted by molar-refractivity contribution is -0.129. The van der Waals surface area contributed by atoms with Gasteiger partial charge in [-0.05, 0) is 36.8 Å². The Hall–Kier alpha value is -2.80. The molecule has 0 aromatic heterocycles. The summed E-state index contributed by atoms with van der Waals surface area (Å²) >= 11 is 5.81. The monoisotopic (exact) mass is 379 g/mol. The van der Waals surface area contributed by atoms with E-state index in [1.807, 2.05) is 0 Å². The molecule has 0 spiro atoms. The van der Waals surface area contributed by atoms with Crippen molar-refractivity contribution in [2.75, 3.05) is 6.79 Å². The number of esters is 1. The van der Waals surface area contributed by atoms with Gasteiger partial charge in [0.25, 0.3) is 5.91 Å². The van der Waals surface area contributed by atoms with Gasteiger partial charge < -0.3 is 19.5 Å². The molecule has 1 aliphatic rings. The van der Waals surface area contributed by atoms with E-state index in [-0.39, 0.29) is 18.4 Å². The summed E-state index contributed by atoms with van der Waals surface area (Å²) in [7, 11) is 0. The number of hydrogen-bond acceptors (Lipinski definition) is 5. The Morgan fingerprint density at radius 3 is 2.81 bits per heavy atom. The molecule has 0 bridgehead atoms. The first-order chi connectivity index (χ1) is 12.5. The Kier molecular flexibility index (Phi) is 5.27. The number of halogens is 2. The van der Waals surface area contributed by atoms with Gasteiger partial charge in [-0.2, -0.15) is 0 Å². The standard InChI is InChI=1S/C18H15ClFNO5/c1-10(26-18(23)16-12(19)3-2-4-13(16)20)17(22)21-8-11-5-6-14-15(7-11)25-9-24-14/h2-7,10H,8-9H2,1H3,(H,21,22)/t10-/m0/s1. The summed E-state index contributed by atoms with van der Waals surface area (Å²) in [6, 6.07) is 9.10. The number of rotatable bonds is 5.